The minimum Gasteiger partial charge on any atom is -0.451 e. The smallest absolute Gasteiger partial charge is 0.380 e. The van der Waals surface area contributed by atoms with Crippen molar-refractivity contribution in [3.8, 4) is 0 Å². The van der Waals surface area contributed by atoms with Gasteiger partial charge in [-0.05, 0) is 86.1 Å². The summed E-state index contributed by atoms with van der Waals surface area (Å²) in [6.07, 6.45) is -1.95. The van der Waals surface area contributed by atoms with Crippen LogP contribution in [0.5, 0.6) is 0 Å². The van der Waals surface area contributed by atoms with Gasteiger partial charge >= 0.3 is 11.9 Å². The monoisotopic (exact) mass is 590 g/mol. The van der Waals surface area contributed by atoms with Crippen molar-refractivity contribution in [2.24, 2.45) is 5.92 Å². The Hall–Kier alpha value is -4.84. The lowest BCUT2D eigenvalue weighted by Crippen LogP contribution is -2.30. The van der Waals surface area contributed by atoms with Gasteiger partial charge in [0.1, 0.15) is 12.2 Å². The number of hydrogen-bond donors (Lipinski definition) is 0. The van der Waals surface area contributed by atoms with Crippen LogP contribution in [-0.4, -0.2) is 23.5 Å². The summed E-state index contributed by atoms with van der Waals surface area (Å²) in [4.78, 5) is 53.6. The molecule has 4 aromatic rings. The molecule has 0 saturated heterocycles. The third-order valence-corrected chi connectivity index (χ3v) is 8.66. The molecule has 0 N–H and O–H groups in total. The van der Waals surface area contributed by atoms with E-state index in [1.165, 1.54) is 0 Å². The minimum absolute atomic E-state index is 0.276. The molecule has 0 spiro atoms. The first-order valence-corrected chi connectivity index (χ1v) is 14.7. The lowest BCUT2D eigenvalue weighted by atomic mass is 9.88. The van der Waals surface area contributed by atoms with E-state index in [-0.39, 0.29) is 11.1 Å². The van der Waals surface area contributed by atoms with Gasteiger partial charge < -0.3 is 9.47 Å². The lowest BCUT2D eigenvalue weighted by molar-refractivity contribution is -0.156. The number of ketones is 2. The van der Waals surface area contributed by atoms with Gasteiger partial charge in [0.25, 0.3) is 11.6 Å². The van der Waals surface area contributed by atoms with Crippen molar-refractivity contribution in [1.82, 2.24) is 0 Å². The lowest BCUT2D eigenvalue weighted by Gasteiger charge is -2.31. The maximum atomic E-state index is 13.4. The summed E-state index contributed by atoms with van der Waals surface area (Å²) < 4.78 is 11.9. The van der Waals surface area contributed by atoms with Crippen molar-refractivity contribution in [3.63, 3.8) is 0 Å². The standard InChI is InChI=1S/C38H38O6/c1-22-18-20-31(26(5)24(22)3)33(39)37(41)43-35(29-14-10-8-11-15-29)28(7)36(30-16-12-9-13-17-30)44-38(42)34(40)32-21-19-23(2)25(4)27(32)6/h8-21,28,35-36H,1-7H3. The SMILES string of the molecule is Cc1ccc(C(=O)C(=O)OC(c2ccccc2)C(C)C(OC(=O)C(=O)c2ccc(C)c(C)c2C)c2ccccc2)c(C)c1C. The molecule has 44 heavy (non-hydrogen) atoms. The Kier molecular flexibility index (Phi) is 9.94. The first kappa shape index (κ1) is 32.1. The molecule has 0 fully saturated rings. The van der Waals surface area contributed by atoms with E-state index in [2.05, 4.69) is 0 Å². The number of carbonyl (C=O) groups is 4. The fraction of sp³-hybridized carbons (Fsp3) is 0.263. The third-order valence-electron chi connectivity index (χ3n) is 8.66. The van der Waals surface area contributed by atoms with Crippen LogP contribution in [0.25, 0.3) is 0 Å². The van der Waals surface area contributed by atoms with E-state index in [0.29, 0.717) is 22.3 Å². The van der Waals surface area contributed by atoms with Gasteiger partial charge in [0, 0.05) is 17.0 Å². The van der Waals surface area contributed by atoms with Crippen molar-refractivity contribution in [1.29, 1.82) is 0 Å². The van der Waals surface area contributed by atoms with E-state index >= 15 is 0 Å². The van der Waals surface area contributed by atoms with E-state index in [4.69, 9.17) is 9.47 Å². The second-order valence-electron chi connectivity index (χ2n) is 11.4. The van der Waals surface area contributed by atoms with Crippen molar-refractivity contribution in [2.75, 3.05) is 0 Å². The Morgan fingerprint density at radius 1 is 0.477 bits per heavy atom. The number of rotatable bonds is 10. The zero-order valence-electron chi connectivity index (χ0n) is 26.3. The molecule has 4 rings (SSSR count). The normalized spacial score (nSPS) is 13.0. The Bertz CT molecular complexity index is 1580. The number of Topliss-reactive ketones (excluding diaryl/α,β-unsaturated/α-hetero) is 2. The van der Waals surface area contributed by atoms with Crippen molar-refractivity contribution >= 4 is 23.5 Å². The second-order valence-corrected chi connectivity index (χ2v) is 11.4. The molecule has 0 radical (unpaired) electrons. The zero-order valence-corrected chi connectivity index (χ0v) is 26.3. The number of esters is 2. The Balaban J connectivity index is 1.69. The summed E-state index contributed by atoms with van der Waals surface area (Å²) in [7, 11) is 0. The van der Waals surface area contributed by atoms with Gasteiger partial charge in [-0.3, -0.25) is 9.59 Å². The van der Waals surface area contributed by atoms with Crippen molar-refractivity contribution in [2.45, 2.75) is 60.7 Å². The molecule has 0 aromatic heterocycles. The Labute approximate surface area is 259 Å². The van der Waals surface area contributed by atoms with Crippen LogP contribution < -0.4 is 0 Å². The summed E-state index contributed by atoms with van der Waals surface area (Å²) >= 11 is 0. The van der Waals surface area contributed by atoms with Crippen LogP contribution in [0.1, 0.15) is 84.4 Å². The molecule has 6 heteroatoms. The predicted molar refractivity (Wildman–Crippen MR) is 170 cm³/mol. The third kappa shape index (κ3) is 6.70. The van der Waals surface area contributed by atoms with E-state index in [9.17, 15) is 19.2 Å². The van der Waals surface area contributed by atoms with Crippen LogP contribution in [0.3, 0.4) is 0 Å². The molecule has 226 valence electrons. The highest BCUT2D eigenvalue weighted by molar-refractivity contribution is 6.41. The average Bonchev–Trinajstić information content (AvgIpc) is 3.03. The highest BCUT2D eigenvalue weighted by Crippen LogP contribution is 2.38. The molecule has 2 atom stereocenters. The summed E-state index contributed by atoms with van der Waals surface area (Å²) in [5.41, 5.74) is 7.10. The maximum Gasteiger partial charge on any atom is 0.380 e. The summed E-state index contributed by atoms with van der Waals surface area (Å²) in [5.74, 6) is -4.23. The van der Waals surface area contributed by atoms with Gasteiger partial charge in [-0.2, -0.15) is 0 Å². The van der Waals surface area contributed by atoms with E-state index in [1.54, 1.807) is 93.6 Å². The zero-order chi connectivity index (χ0) is 32.1. The number of aryl methyl sites for hydroxylation is 2. The van der Waals surface area contributed by atoms with Crippen LogP contribution in [-0.2, 0) is 19.1 Å². The number of ether oxygens (including phenoxy) is 2. The van der Waals surface area contributed by atoms with Crippen LogP contribution in [0.15, 0.2) is 84.9 Å². The van der Waals surface area contributed by atoms with Gasteiger partial charge in [-0.1, -0.05) is 91.9 Å². The van der Waals surface area contributed by atoms with Gasteiger partial charge in [0.15, 0.2) is 0 Å². The Morgan fingerprint density at radius 2 is 0.818 bits per heavy atom. The molecule has 0 aliphatic carbocycles. The van der Waals surface area contributed by atoms with Crippen LogP contribution >= 0.6 is 0 Å². The number of benzene rings is 4. The Morgan fingerprint density at radius 3 is 1.16 bits per heavy atom. The molecular formula is C38H38O6. The van der Waals surface area contributed by atoms with Crippen molar-refractivity contribution in [3.05, 3.63) is 141 Å². The molecule has 0 aliphatic heterocycles. The number of carbonyl (C=O) groups excluding carboxylic acids is 4. The largest absolute Gasteiger partial charge is 0.451 e. The van der Waals surface area contributed by atoms with Gasteiger partial charge in [0.2, 0.25) is 0 Å². The highest BCUT2D eigenvalue weighted by Gasteiger charge is 2.37. The van der Waals surface area contributed by atoms with Gasteiger partial charge in [-0.15, -0.1) is 0 Å². The first-order valence-electron chi connectivity index (χ1n) is 14.7. The molecule has 2 unspecified atom stereocenters. The minimum atomic E-state index is -1.02. The fourth-order valence-electron chi connectivity index (χ4n) is 5.36. The summed E-state index contributed by atoms with van der Waals surface area (Å²) in [6, 6.07) is 24.9. The van der Waals surface area contributed by atoms with Crippen LogP contribution in [0, 0.1) is 47.5 Å². The molecule has 0 heterocycles. The van der Waals surface area contributed by atoms with Crippen molar-refractivity contribution < 1.29 is 28.7 Å². The summed E-state index contributed by atoms with van der Waals surface area (Å²) in [5, 5.41) is 0. The van der Waals surface area contributed by atoms with E-state index in [0.717, 1.165) is 22.3 Å². The molecular weight excluding hydrogens is 552 g/mol. The van der Waals surface area contributed by atoms with E-state index < -0.39 is 41.6 Å². The molecule has 0 amide bonds. The number of hydrogen-bond acceptors (Lipinski definition) is 6. The predicted octanol–water partition coefficient (Wildman–Crippen LogP) is 7.81. The first-order chi connectivity index (χ1) is 20.9. The summed E-state index contributed by atoms with van der Waals surface area (Å²) in [6.45, 7) is 13.1. The second kappa shape index (κ2) is 13.6. The van der Waals surface area contributed by atoms with Crippen LogP contribution in [0.2, 0.25) is 0 Å². The topological polar surface area (TPSA) is 86.7 Å². The van der Waals surface area contributed by atoms with E-state index in [1.807, 2.05) is 39.8 Å². The molecule has 0 aliphatic rings. The molecule has 0 saturated carbocycles. The van der Waals surface area contributed by atoms with Gasteiger partial charge in [-0.25, -0.2) is 9.59 Å². The highest BCUT2D eigenvalue weighted by atomic mass is 16.6. The fourth-order valence-corrected chi connectivity index (χ4v) is 5.36. The maximum absolute atomic E-state index is 13.4. The quantitative estimate of drug-likeness (QED) is 0.106. The molecule has 0 bridgehead atoms. The average molecular weight is 591 g/mol. The van der Waals surface area contributed by atoms with Crippen LogP contribution in [0.4, 0.5) is 0 Å². The molecule has 4 aromatic carbocycles. The molecule has 6 nitrogen and oxygen atoms in total. The van der Waals surface area contributed by atoms with Gasteiger partial charge in [0.05, 0.1) is 0 Å².